The van der Waals surface area contributed by atoms with Crippen LogP contribution in [0.2, 0.25) is 0 Å². The highest BCUT2D eigenvalue weighted by molar-refractivity contribution is 7.03. The molecule has 6 heteroatoms. The first-order chi connectivity index (χ1) is 6.86. The Hall–Kier alpha value is -1.01. The Morgan fingerprint density at radius 1 is 1.57 bits per heavy atom. The van der Waals surface area contributed by atoms with Crippen LogP contribution in [0.5, 0.6) is 0 Å². The molecule has 0 radical (unpaired) electrons. The van der Waals surface area contributed by atoms with Crippen molar-refractivity contribution in [2.45, 2.75) is 12.8 Å². The fraction of sp³-hybridized carbons (Fsp3) is 0.625. The van der Waals surface area contributed by atoms with Crippen molar-refractivity contribution >= 4 is 23.3 Å². The van der Waals surface area contributed by atoms with E-state index in [1.807, 2.05) is 0 Å². The van der Waals surface area contributed by atoms with E-state index < -0.39 is 0 Å². The van der Waals surface area contributed by atoms with Crippen LogP contribution in [0, 0.1) is 5.92 Å². The van der Waals surface area contributed by atoms with Crippen molar-refractivity contribution in [2.75, 3.05) is 18.4 Å². The zero-order chi connectivity index (χ0) is 9.80. The zero-order valence-electron chi connectivity index (χ0n) is 7.69. The van der Waals surface area contributed by atoms with Gasteiger partial charge in [0.15, 0.2) is 5.82 Å². The van der Waals surface area contributed by atoms with Crippen molar-refractivity contribution in [3.63, 3.8) is 0 Å². The molecule has 1 aliphatic heterocycles. The maximum absolute atomic E-state index is 11.7. The number of carbonyl (C=O) groups is 1. The fourth-order valence-electron chi connectivity index (χ4n) is 1.53. The summed E-state index contributed by atoms with van der Waals surface area (Å²) in [5.41, 5.74) is 0. The summed E-state index contributed by atoms with van der Waals surface area (Å²) in [6.45, 7) is 1.85. The third-order valence-corrected chi connectivity index (χ3v) is 2.83. The molecular formula is C8H12N4OS. The maximum Gasteiger partial charge on any atom is 0.228 e. The predicted molar refractivity (Wildman–Crippen MR) is 54.1 cm³/mol. The van der Waals surface area contributed by atoms with Gasteiger partial charge in [0.05, 0.1) is 5.38 Å². The number of nitrogens with zero attached hydrogens (tertiary/aromatic N) is 2. The number of anilines is 1. The molecule has 2 heterocycles. The number of carbonyl (C=O) groups excluding carboxylic acids is 1. The molecule has 1 aromatic heterocycles. The van der Waals surface area contributed by atoms with Crippen LogP contribution < -0.4 is 10.6 Å². The number of hydrogen-bond acceptors (Lipinski definition) is 5. The fourth-order valence-corrected chi connectivity index (χ4v) is 1.92. The van der Waals surface area contributed by atoms with Gasteiger partial charge in [-0.3, -0.25) is 4.79 Å². The summed E-state index contributed by atoms with van der Waals surface area (Å²) in [7, 11) is 0. The van der Waals surface area contributed by atoms with Crippen molar-refractivity contribution in [1.82, 2.24) is 14.9 Å². The van der Waals surface area contributed by atoms with Gasteiger partial charge < -0.3 is 10.6 Å². The summed E-state index contributed by atoms with van der Waals surface area (Å²) in [4.78, 5) is 11.7. The lowest BCUT2D eigenvalue weighted by atomic mass is 9.97. The summed E-state index contributed by atoms with van der Waals surface area (Å²) in [6.07, 6.45) is 1.81. The molecule has 1 saturated heterocycles. The van der Waals surface area contributed by atoms with Gasteiger partial charge in [-0.2, -0.15) is 0 Å². The van der Waals surface area contributed by atoms with Gasteiger partial charge >= 0.3 is 0 Å². The molecule has 1 amide bonds. The van der Waals surface area contributed by atoms with Gasteiger partial charge in [0.1, 0.15) is 0 Å². The number of piperidine rings is 1. The summed E-state index contributed by atoms with van der Waals surface area (Å²) < 4.78 is 3.68. The third kappa shape index (κ3) is 2.27. The smallest absolute Gasteiger partial charge is 0.228 e. The number of rotatable bonds is 2. The number of hydrogen-bond donors (Lipinski definition) is 2. The highest BCUT2D eigenvalue weighted by Gasteiger charge is 2.21. The summed E-state index contributed by atoms with van der Waals surface area (Å²) in [5, 5.41) is 11.5. The normalized spacial score (nSPS) is 18.0. The van der Waals surface area contributed by atoms with Gasteiger partial charge in [0.2, 0.25) is 5.91 Å². The van der Waals surface area contributed by atoms with E-state index in [2.05, 4.69) is 20.2 Å². The van der Waals surface area contributed by atoms with Gasteiger partial charge in [0, 0.05) is 5.92 Å². The molecule has 0 spiro atoms. The van der Waals surface area contributed by atoms with E-state index in [9.17, 15) is 4.79 Å². The van der Waals surface area contributed by atoms with Gasteiger partial charge in [-0.1, -0.05) is 4.49 Å². The molecule has 1 fully saturated rings. The van der Waals surface area contributed by atoms with Crippen LogP contribution in [-0.4, -0.2) is 28.6 Å². The number of nitrogens with one attached hydrogen (secondary N) is 2. The van der Waals surface area contributed by atoms with Crippen LogP contribution in [0.1, 0.15) is 12.8 Å². The van der Waals surface area contributed by atoms with Crippen LogP contribution in [0.15, 0.2) is 5.38 Å². The monoisotopic (exact) mass is 212 g/mol. The average Bonchev–Trinajstić information content (AvgIpc) is 2.72. The Labute approximate surface area is 86.1 Å². The summed E-state index contributed by atoms with van der Waals surface area (Å²) in [6, 6.07) is 0. The van der Waals surface area contributed by atoms with Crippen molar-refractivity contribution in [1.29, 1.82) is 0 Å². The van der Waals surface area contributed by atoms with Crippen LogP contribution in [0.3, 0.4) is 0 Å². The molecule has 5 nitrogen and oxygen atoms in total. The Morgan fingerprint density at radius 2 is 2.36 bits per heavy atom. The van der Waals surface area contributed by atoms with Gasteiger partial charge in [-0.15, -0.1) is 5.10 Å². The lowest BCUT2D eigenvalue weighted by molar-refractivity contribution is -0.120. The first kappa shape index (κ1) is 9.54. The average molecular weight is 212 g/mol. The first-order valence-corrected chi connectivity index (χ1v) is 5.48. The predicted octanol–water partition coefficient (Wildman–Crippen LogP) is 0.476. The van der Waals surface area contributed by atoms with E-state index >= 15 is 0 Å². The molecular weight excluding hydrogens is 200 g/mol. The molecule has 1 aliphatic rings. The minimum Gasteiger partial charge on any atom is -0.317 e. The minimum absolute atomic E-state index is 0.0687. The second-order valence-electron chi connectivity index (χ2n) is 3.30. The Balaban J connectivity index is 1.88. The quantitative estimate of drug-likeness (QED) is 0.748. The second-order valence-corrected chi connectivity index (χ2v) is 3.91. The van der Waals surface area contributed by atoms with Crippen LogP contribution in [0.25, 0.3) is 0 Å². The molecule has 76 valence electrons. The van der Waals surface area contributed by atoms with Crippen molar-refractivity contribution < 1.29 is 4.79 Å². The van der Waals surface area contributed by atoms with E-state index in [1.54, 1.807) is 5.38 Å². The highest BCUT2D eigenvalue weighted by atomic mass is 32.1. The second kappa shape index (κ2) is 4.47. The molecule has 0 aliphatic carbocycles. The van der Waals surface area contributed by atoms with E-state index in [4.69, 9.17) is 0 Å². The third-order valence-electron chi connectivity index (χ3n) is 2.32. The molecule has 2 N–H and O–H groups in total. The molecule has 0 bridgehead atoms. The maximum atomic E-state index is 11.7. The largest absolute Gasteiger partial charge is 0.317 e. The molecule has 0 unspecified atom stereocenters. The summed E-state index contributed by atoms with van der Waals surface area (Å²) >= 11 is 1.24. The lowest BCUT2D eigenvalue weighted by Gasteiger charge is -2.20. The van der Waals surface area contributed by atoms with Gasteiger partial charge in [-0.25, -0.2) is 0 Å². The topological polar surface area (TPSA) is 66.9 Å². The van der Waals surface area contributed by atoms with Crippen LogP contribution in [0.4, 0.5) is 5.82 Å². The molecule has 2 rings (SSSR count). The Morgan fingerprint density at radius 3 is 3.00 bits per heavy atom. The molecule has 0 atom stereocenters. The first-order valence-electron chi connectivity index (χ1n) is 4.65. The lowest BCUT2D eigenvalue weighted by Crippen LogP contribution is -2.34. The standard InChI is InChI=1S/C8H12N4OS/c13-8(6-1-3-9-4-2-6)10-7-5-14-12-11-7/h5-6,9H,1-4H2,(H,10,13). The Kier molecular flexibility index (Phi) is 3.05. The van der Waals surface area contributed by atoms with E-state index in [1.165, 1.54) is 11.5 Å². The zero-order valence-corrected chi connectivity index (χ0v) is 8.51. The van der Waals surface area contributed by atoms with Crippen molar-refractivity contribution in [2.24, 2.45) is 5.92 Å². The molecule has 1 aromatic rings. The molecule has 0 aromatic carbocycles. The number of amides is 1. The van der Waals surface area contributed by atoms with Crippen molar-refractivity contribution in [3.8, 4) is 0 Å². The SMILES string of the molecule is O=C(Nc1csnn1)C1CCNCC1. The summed E-state index contributed by atoms with van der Waals surface area (Å²) in [5.74, 6) is 0.760. The van der Waals surface area contributed by atoms with E-state index in [0.717, 1.165) is 25.9 Å². The molecule has 14 heavy (non-hydrogen) atoms. The van der Waals surface area contributed by atoms with Crippen LogP contribution >= 0.6 is 11.5 Å². The Bertz CT molecular complexity index is 294. The van der Waals surface area contributed by atoms with Crippen LogP contribution in [-0.2, 0) is 4.79 Å². The van der Waals surface area contributed by atoms with Crippen molar-refractivity contribution in [3.05, 3.63) is 5.38 Å². The van der Waals surface area contributed by atoms with E-state index in [0.29, 0.717) is 5.82 Å². The highest BCUT2D eigenvalue weighted by Crippen LogP contribution is 2.14. The van der Waals surface area contributed by atoms with E-state index in [-0.39, 0.29) is 11.8 Å². The van der Waals surface area contributed by atoms with Gasteiger partial charge in [-0.05, 0) is 37.5 Å². The molecule has 0 saturated carbocycles. The van der Waals surface area contributed by atoms with Gasteiger partial charge in [0.25, 0.3) is 0 Å². The number of aromatic nitrogens is 2. The minimum atomic E-state index is 0.0687.